The summed E-state index contributed by atoms with van der Waals surface area (Å²) in [5.41, 5.74) is 4.20. The number of imide groups is 1. The standard InChI is InChI=1S/C29H32N2O3/c1-21-13-15-23(16-14-21)28(32)31(25-10-3-2-4-11-25)29(33)27(26-12-7-19-34-26)30-18-17-22-8-5-6-9-24(22)20-30/h5-9,12-16,19,25,27H,2-4,10-11,17-18,20H2,1H3. The highest BCUT2D eigenvalue weighted by Crippen LogP contribution is 2.33. The van der Waals surface area contributed by atoms with Crippen LogP contribution in [0, 0.1) is 6.92 Å². The fraction of sp³-hybridized carbons (Fsp3) is 0.379. The van der Waals surface area contributed by atoms with Crippen LogP contribution >= 0.6 is 0 Å². The number of hydrogen-bond donors (Lipinski definition) is 0. The van der Waals surface area contributed by atoms with Crippen LogP contribution in [0.3, 0.4) is 0 Å². The molecule has 1 aliphatic carbocycles. The maximum absolute atomic E-state index is 14.3. The number of carbonyl (C=O) groups excluding carboxylic acids is 2. The number of benzene rings is 2. The van der Waals surface area contributed by atoms with E-state index in [4.69, 9.17) is 4.42 Å². The van der Waals surface area contributed by atoms with E-state index < -0.39 is 6.04 Å². The lowest BCUT2D eigenvalue weighted by Crippen LogP contribution is -2.51. The van der Waals surface area contributed by atoms with Crippen molar-refractivity contribution in [3.63, 3.8) is 0 Å². The topological polar surface area (TPSA) is 53.8 Å². The third-order valence-electron chi connectivity index (χ3n) is 7.27. The highest BCUT2D eigenvalue weighted by molar-refractivity contribution is 6.06. The second kappa shape index (κ2) is 9.98. The third-order valence-corrected chi connectivity index (χ3v) is 7.27. The molecule has 1 aliphatic heterocycles. The summed E-state index contributed by atoms with van der Waals surface area (Å²) in [7, 11) is 0. The molecule has 0 spiro atoms. The first-order valence-corrected chi connectivity index (χ1v) is 12.4. The lowest BCUT2D eigenvalue weighted by Gasteiger charge is -2.39. The quantitative estimate of drug-likeness (QED) is 0.495. The molecule has 5 nitrogen and oxygen atoms in total. The summed E-state index contributed by atoms with van der Waals surface area (Å²) < 4.78 is 5.80. The van der Waals surface area contributed by atoms with Crippen molar-refractivity contribution in [2.75, 3.05) is 6.54 Å². The number of nitrogens with zero attached hydrogens (tertiary/aromatic N) is 2. The van der Waals surface area contributed by atoms with Crippen LogP contribution in [0.4, 0.5) is 0 Å². The van der Waals surface area contributed by atoms with Crippen molar-refractivity contribution < 1.29 is 14.0 Å². The van der Waals surface area contributed by atoms with E-state index in [-0.39, 0.29) is 17.9 Å². The van der Waals surface area contributed by atoms with E-state index in [2.05, 4.69) is 23.1 Å². The molecule has 1 unspecified atom stereocenters. The van der Waals surface area contributed by atoms with Crippen LogP contribution < -0.4 is 0 Å². The molecule has 0 N–H and O–H groups in total. The second-order valence-electron chi connectivity index (χ2n) is 9.58. The average molecular weight is 457 g/mol. The zero-order chi connectivity index (χ0) is 23.5. The van der Waals surface area contributed by atoms with Gasteiger partial charge >= 0.3 is 0 Å². The van der Waals surface area contributed by atoms with Crippen LogP contribution in [0.5, 0.6) is 0 Å². The first-order valence-electron chi connectivity index (χ1n) is 12.4. The average Bonchev–Trinajstić information content (AvgIpc) is 3.40. The van der Waals surface area contributed by atoms with E-state index in [0.29, 0.717) is 17.9 Å². The van der Waals surface area contributed by atoms with Gasteiger partial charge < -0.3 is 4.42 Å². The lowest BCUT2D eigenvalue weighted by atomic mass is 9.92. The third kappa shape index (κ3) is 4.58. The number of rotatable bonds is 5. The number of hydrogen-bond acceptors (Lipinski definition) is 4. The minimum atomic E-state index is -0.625. The Hall–Kier alpha value is -3.18. The van der Waals surface area contributed by atoms with Gasteiger partial charge in [-0.05, 0) is 61.6 Å². The van der Waals surface area contributed by atoms with Crippen molar-refractivity contribution in [3.05, 3.63) is 94.9 Å². The molecule has 0 bridgehead atoms. The van der Waals surface area contributed by atoms with Gasteiger partial charge in [-0.2, -0.15) is 0 Å². The molecule has 5 heteroatoms. The number of amides is 2. The molecule has 2 amide bonds. The molecule has 0 saturated heterocycles. The molecule has 2 aromatic carbocycles. The SMILES string of the molecule is Cc1ccc(C(=O)N(C(=O)C(c2ccco2)N2CCc3ccccc3C2)C2CCCCC2)cc1. The Morgan fingerprint density at radius 2 is 1.68 bits per heavy atom. The van der Waals surface area contributed by atoms with Crippen molar-refractivity contribution in [2.45, 2.75) is 64.1 Å². The fourth-order valence-electron chi connectivity index (χ4n) is 5.39. The van der Waals surface area contributed by atoms with E-state index in [0.717, 1.165) is 50.6 Å². The maximum atomic E-state index is 14.3. The van der Waals surface area contributed by atoms with Crippen LogP contribution in [-0.4, -0.2) is 34.2 Å². The van der Waals surface area contributed by atoms with Gasteiger partial charge in [0.2, 0.25) is 0 Å². The largest absolute Gasteiger partial charge is 0.467 e. The minimum Gasteiger partial charge on any atom is -0.467 e. The van der Waals surface area contributed by atoms with Crippen molar-refractivity contribution in [3.8, 4) is 0 Å². The number of carbonyl (C=O) groups is 2. The Kier molecular flexibility index (Phi) is 6.63. The van der Waals surface area contributed by atoms with Crippen LogP contribution in [0.25, 0.3) is 0 Å². The van der Waals surface area contributed by atoms with Crippen LogP contribution in [-0.2, 0) is 17.8 Å². The number of furan rings is 1. The van der Waals surface area contributed by atoms with E-state index >= 15 is 0 Å². The van der Waals surface area contributed by atoms with Crippen molar-refractivity contribution in [1.82, 2.24) is 9.80 Å². The van der Waals surface area contributed by atoms with Crippen LogP contribution in [0.15, 0.2) is 71.3 Å². The van der Waals surface area contributed by atoms with E-state index in [1.165, 1.54) is 11.1 Å². The molecule has 2 heterocycles. The smallest absolute Gasteiger partial charge is 0.260 e. The van der Waals surface area contributed by atoms with Gasteiger partial charge in [0.1, 0.15) is 11.8 Å². The summed E-state index contributed by atoms with van der Waals surface area (Å²) in [6.07, 6.45) is 7.43. The van der Waals surface area contributed by atoms with Gasteiger partial charge in [-0.3, -0.25) is 19.4 Å². The summed E-state index contributed by atoms with van der Waals surface area (Å²) in [4.78, 5) is 31.9. The second-order valence-corrected chi connectivity index (χ2v) is 9.58. The van der Waals surface area contributed by atoms with Crippen LogP contribution in [0.1, 0.15) is 71.0 Å². The van der Waals surface area contributed by atoms with Crippen molar-refractivity contribution in [1.29, 1.82) is 0 Å². The van der Waals surface area contributed by atoms with Gasteiger partial charge in [-0.1, -0.05) is 61.2 Å². The van der Waals surface area contributed by atoms with Gasteiger partial charge in [-0.25, -0.2) is 0 Å². The molecule has 1 fully saturated rings. The summed E-state index contributed by atoms with van der Waals surface area (Å²) >= 11 is 0. The molecular weight excluding hydrogens is 424 g/mol. The number of aryl methyl sites for hydroxylation is 1. The molecule has 1 atom stereocenters. The van der Waals surface area contributed by atoms with E-state index in [1.807, 2.05) is 49.4 Å². The molecular formula is C29H32N2O3. The predicted octanol–water partition coefficient (Wildman–Crippen LogP) is 5.69. The zero-order valence-electron chi connectivity index (χ0n) is 19.8. The minimum absolute atomic E-state index is 0.0791. The fourth-order valence-corrected chi connectivity index (χ4v) is 5.39. The van der Waals surface area contributed by atoms with E-state index in [1.54, 1.807) is 11.2 Å². The Bertz CT molecular complexity index is 1130. The zero-order valence-corrected chi connectivity index (χ0v) is 19.8. The van der Waals surface area contributed by atoms with E-state index in [9.17, 15) is 9.59 Å². The Labute approximate surface area is 201 Å². The first-order chi connectivity index (χ1) is 16.6. The Morgan fingerprint density at radius 1 is 0.941 bits per heavy atom. The Morgan fingerprint density at radius 3 is 2.38 bits per heavy atom. The molecule has 5 rings (SSSR count). The normalized spacial score (nSPS) is 17.7. The van der Waals surface area contributed by atoms with Gasteiger partial charge in [0, 0.05) is 24.7 Å². The Balaban J connectivity index is 1.51. The molecule has 2 aliphatic rings. The summed E-state index contributed by atoms with van der Waals surface area (Å²) in [5, 5.41) is 0. The van der Waals surface area contributed by atoms with Gasteiger partial charge in [0.25, 0.3) is 11.8 Å². The number of fused-ring (bicyclic) bond motifs is 1. The van der Waals surface area contributed by atoms with Gasteiger partial charge in [0.15, 0.2) is 0 Å². The van der Waals surface area contributed by atoms with Crippen LogP contribution in [0.2, 0.25) is 0 Å². The monoisotopic (exact) mass is 456 g/mol. The molecule has 1 aromatic heterocycles. The molecule has 1 saturated carbocycles. The molecule has 176 valence electrons. The van der Waals surface area contributed by atoms with Gasteiger partial charge in [-0.15, -0.1) is 0 Å². The van der Waals surface area contributed by atoms with Crippen molar-refractivity contribution in [2.24, 2.45) is 0 Å². The molecule has 0 radical (unpaired) electrons. The first kappa shape index (κ1) is 22.6. The summed E-state index contributed by atoms with van der Waals surface area (Å²) in [5.74, 6) is 0.222. The van der Waals surface area contributed by atoms with Crippen molar-refractivity contribution >= 4 is 11.8 Å². The summed E-state index contributed by atoms with van der Waals surface area (Å²) in [6.45, 7) is 3.40. The summed E-state index contributed by atoms with van der Waals surface area (Å²) in [6, 6.07) is 18.9. The molecule has 3 aromatic rings. The highest BCUT2D eigenvalue weighted by atomic mass is 16.3. The van der Waals surface area contributed by atoms with Gasteiger partial charge in [0.05, 0.1) is 6.26 Å². The predicted molar refractivity (Wildman–Crippen MR) is 131 cm³/mol. The highest BCUT2D eigenvalue weighted by Gasteiger charge is 2.40. The lowest BCUT2D eigenvalue weighted by molar-refractivity contribution is -0.138. The molecule has 34 heavy (non-hydrogen) atoms. The maximum Gasteiger partial charge on any atom is 0.260 e.